The molecule has 1 aromatic heterocycles. The molecule has 150 valence electrons. The summed E-state index contributed by atoms with van der Waals surface area (Å²) in [5.41, 5.74) is 3.55. The van der Waals surface area contributed by atoms with E-state index < -0.39 is 0 Å². The number of nitrogens with zero attached hydrogens (tertiary/aromatic N) is 4. The minimum atomic E-state index is 0.238. The molecule has 2 heterocycles. The van der Waals surface area contributed by atoms with Crippen LogP contribution < -0.4 is 0 Å². The summed E-state index contributed by atoms with van der Waals surface area (Å²) in [6, 6.07) is 18.9. The van der Waals surface area contributed by atoms with E-state index in [0.29, 0.717) is 12.5 Å². The van der Waals surface area contributed by atoms with Crippen molar-refractivity contribution in [2.75, 3.05) is 6.54 Å². The van der Waals surface area contributed by atoms with Gasteiger partial charge in [0, 0.05) is 19.0 Å². The molecule has 0 bridgehead atoms. The number of hydrogen-bond acceptors (Lipinski definition) is 3. The highest BCUT2D eigenvalue weighted by atomic mass is 16.2. The number of carbonyl (C=O) groups excluding carboxylic acids is 1. The highest BCUT2D eigenvalue weighted by Crippen LogP contribution is 2.23. The van der Waals surface area contributed by atoms with Crippen molar-refractivity contribution in [3.8, 4) is 0 Å². The molecule has 2 aromatic carbocycles. The maximum absolute atomic E-state index is 12.9. The molecular formula is C24H28N4O. The van der Waals surface area contributed by atoms with Gasteiger partial charge < -0.3 is 9.47 Å². The van der Waals surface area contributed by atoms with Gasteiger partial charge in [0.2, 0.25) is 5.91 Å². The number of hydrogen-bond donors (Lipinski definition) is 0. The minimum Gasteiger partial charge on any atom is -0.339 e. The largest absolute Gasteiger partial charge is 0.339 e. The van der Waals surface area contributed by atoms with Crippen LogP contribution in [0.5, 0.6) is 0 Å². The molecule has 4 rings (SSSR count). The normalized spacial score (nSPS) is 16.3. The molecule has 0 aliphatic carbocycles. The molecule has 1 amide bonds. The fraction of sp³-hybridized carbons (Fsp3) is 0.375. The van der Waals surface area contributed by atoms with Gasteiger partial charge in [0.25, 0.3) is 0 Å². The Morgan fingerprint density at radius 2 is 1.86 bits per heavy atom. The van der Waals surface area contributed by atoms with Gasteiger partial charge in [-0.3, -0.25) is 4.79 Å². The van der Waals surface area contributed by atoms with Gasteiger partial charge in [0.15, 0.2) is 0 Å². The van der Waals surface area contributed by atoms with Gasteiger partial charge in [-0.25, -0.2) is 0 Å². The van der Waals surface area contributed by atoms with Gasteiger partial charge in [-0.05, 0) is 37.3 Å². The van der Waals surface area contributed by atoms with Crippen LogP contribution in [0.15, 0.2) is 60.9 Å². The highest BCUT2D eigenvalue weighted by Gasteiger charge is 2.28. The van der Waals surface area contributed by atoms with Gasteiger partial charge in [0.05, 0.1) is 13.0 Å². The van der Waals surface area contributed by atoms with Crippen molar-refractivity contribution in [2.45, 2.75) is 51.6 Å². The van der Waals surface area contributed by atoms with Crippen molar-refractivity contribution >= 4 is 5.91 Å². The van der Waals surface area contributed by atoms with Crippen LogP contribution in [0.25, 0.3) is 0 Å². The lowest BCUT2D eigenvalue weighted by molar-refractivity contribution is -0.131. The molecule has 0 spiro atoms. The Morgan fingerprint density at radius 1 is 1.07 bits per heavy atom. The average molecular weight is 389 g/mol. The summed E-state index contributed by atoms with van der Waals surface area (Å²) in [4.78, 5) is 15.0. The van der Waals surface area contributed by atoms with Crippen molar-refractivity contribution in [3.63, 3.8) is 0 Å². The molecule has 0 saturated carbocycles. The van der Waals surface area contributed by atoms with Gasteiger partial charge in [-0.15, -0.1) is 10.2 Å². The highest BCUT2D eigenvalue weighted by molar-refractivity contribution is 5.79. The fourth-order valence-electron chi connectivity index (χ4n) is 4.13. The zero-order chi connectivity index (χ0) is 20.1. The molecule has 1 saturated heterocycles. The van der Waals surface area contributed by atoms with E-state index in [1.54, 1.807) is 6.33 Å². The van der Waals surface area contributed by atoms with Crippen LogP contribution in [0, 0.1) is 6.92 Å². The van der Waals surface area contributed by atoms with E-state index in [1.165, 1.54) is 11.1 Å². The Balaban J connectivity index is 1.35. The summed E-state index contributed by atoms with van der Waals surface area (Å²) < 4.78 is 2.11. The summed E-state index contributed by atoms with van der Waals surface area (Å²) in [7, 11) is 0. The molecule has 1 aliphatic rings. The predicted octanol–water partition coefficient (Wildman–Crippen LogP) is 3.80. The third-order valence-electron chi connectivity index (χ3n) is 5.77. The Hall–Kier alpha value is -2.95. The maximum Gasteiger partial charge on any atom is 0.227 e. The SMILES string of the molecule is Cc1ccc(CC(=O)N2CCCC2CCc2nncn2Cc2ccccc2)cc1. The first-order valence-electron chi connectivity index (χ1n) is 10.4. The fourth-order valence-corrected chi connectivity index (χ4v) is 4.13. The lowest BCUT2D eigenvalue weighted by Gasteiger charge is -2.25. The lowest BCUT2D eigenvalue weighted by atomic mass is 10.1. The topological polar surface area (TPSA) is 51.0 Å². The number of aryl methyl sites for hydroxylation is 2. The number of amides is 1. The van der Waals surface area contributed by atoms with E-state index in [-0.39, 0.29) is 5.91 Å². The standard InChI is InChI=1S/C24H28N4O/c1-19-9-11-20(12-10-19)16-24(29)28-15-5-8-22(28)13-14-23-26-25-18-27(23)17-21-6-3-2-4-7-21/h2-4,6-7,9-12,18,22H,5,8,13-17H2,1H3. The zero-order valence-electron chi connectivity index (χ0n) is 17.0. The van der Waals surface area contributed by atoms with E-state index in [1.807, 2.05) is 6.07 Å². The third-order valence-corrected chi connectivity index (χ3v) is 5.77. The van der Waals surface area contributed by atoms with Crippen LogP contribution >= 0.6 is 0 Å². The lowest BCUT2D eigenvalue weighted by Crippen LogP contribution is -2.37. The van der Waals surface area contributed by atoms with E-state index in [2.05, 4.69) is 75.1 Å². The molecule has 3 aromatic rings. The molecule has 1 unspecified atom stereocenters. The van der Waals surface area contributed by atoms with Gasteiger partial charge in [-0.1, -0.05) is 60.2 Å². The van der Waals surface area contributed by atoms with Crippen molar-refractivity contribution in [3.05, 3.63) is 83.4 Å². The van der Waals surface area contributed by atoms with Crippen LogP contribution in [-0.2, 0) is 24.2 Å². The van der Waals surface area contributed by atoms with Gasteiger partial charge in [0.1, 0.15) is 12.2 Å². The Labute approximate surface area is 172 Å². The summed E-state index contributed by atoms with van der Waals surface area (Å²) in [6.07, 6.45) is 6.23. The quantitative estimate of drug-likeness (QED) is 0.619. The molecule has 29 heavy (non-hydrogen) atoms. The number of aromatic nitrogens is 3. The van der Waals surface area contributed by atoms with Crippen LogP contribution in [0.3, 0.4) is 0 Å². The van der Waals surface area contributed by atoms with Crippen molar-refractivity contribution in [1.82, 2.24) is 19.7 Å². The molecule has 0 N–H and O–H groups in total. The number of carbonyl (C=O) groups is 1. The molecule has 5 heteroatoms. The first-order valence-corrected chi connectivity index (χ1v) is 10.4. The molecule has 0 radical (unpaired) electrons. The number of rotatable bonds is 7. The van der Waals surface area contributed by atoms with Crippen LogP contribution in [0.1, 0.15) is 41.8 Å². The summed E-state index contributed by atoms with van der Waals surface area (Å²) in [5.74, 6) is 1.23. The summed E-state index contributed by atoms with van der Waals surface area (Å²) in [5, 5.41) is 8.44. The Morgan fingerprint density at radius 3 is 2.66 bits per heavy atom. The van der Waals surface area contributed by atoms with Crippen LogP contribution in [0.2, 0.25) is 0 Å². The Kier molecular flexibility index (Phi) is 6.03. The van der Waals surface area contributed by atoms with E-state index in [4.69, 9.17) is 0 Å². The molecule has 1 aliphatic heterocycles. The average Bonchev–Trinajstić information content (AvgIpc) is 3.38. The zero-order valence-corrected chi connectivity index (χ0v) is 17.0. The van der Waals surface area contributed by atoms with Crippen molar-refractivity contribution in [2.24, 2.45) is 0 Å². The summed E-state index contributed by atoms with van der Waals surface area (Å²) in [6.45, 7) is 3.72. The second kappa shape index (κ2) is 9.03. The second-order valence-electron chi connectivity index (χ2n) is 7.94. The minimum absolute atomic E-state index is 0.238. The van der Waals surface area contributed by atoms with E-state index in [0.717, 1.165) is 50.2 Å². The second-order valence-corrected chi connectivity index (χ2v) is 7.94. The van der Waals surface area contributed by atoms with Crippen molar-refractivity contribution < 1.29 is 4.79 Å². The predicted molar refractivity (Wildman–Crippen MR) is 114 cm³/mol. The molecule has 5 nitrogen and oxygen atoms in total. The van der Waals surface area contributed by atoms with Crippen molar-refractivity contribution in [1.29, 1.82) is 0 Å². The van der Waals surface area contributed by atoms with E-state index in [9.17, 15) is 4.79 Å². The summed E-state index contributed by atoms with van der Waals surface area (Å²) >= 11 is 0. The first kappa shape index (κ1) is 19.4. The van der Waals surface area contributed by atoms with Gasteiger partial charge >= 0.3 is 0 Å². The molecular weight excluding hydrogens is 360 g/mol. The van der Waals surface area contributed by atoms with Crippen LogP contribution in [0.4, 0.5) is 0 Å². The van der Waals surface area contributed by atoms with E-state index >= 15 is 0 Å². The number of benzene rings is 2. The molecule has 1 fully saturated rings. The Bertz CT molecular complexity index is 933. The van der Waals surface area contributed by atoms with Crippen LogP contribution in [-0.4, -0.2) is 38.2 Å². The maximum atomic E-state index is 12.9. The first-order chi connectivity index (χ1) is 14.2. The third kappa shape index (κ3) is 4.91. The monoisotopic (exact) mass is 388 g/mol. The molecule has 1 atom stereocenters. The van der Waals surface area contributed by atoms with Gasteiger partial charge in [-0.2, -0.15) is 0 Å². The smallest absolute Gasteiger partial charge is 0.227 e. The number of likely N-dealkylation sites (tertiary alicyclic amines) is 1.